The molecule has 180 valence electrons. The summed E-state index contributed by atoms with van der Waals surface area (Å²) in [5, 5.41) is 0. The summed E-state index contributed by atoms with van der Waals surface area (Å²) < 4.78 is 52.9. The van der Waals surface area contributed by atoms with Gasteiger partial charge in [0.15, 0.2) is 4.80 Å². The minimum absolute atomic E-state index is 0.0942. The van der Waals surface area contributed by atoms with E-state index in [-0.39, 0.29) is 22.8 Å². The van der Waals surface area contributed by atoms with Gasteiger partial charge in [0.25, 0.3) is 5.91 Å². The Hall–Kier alpha value is -3.09. The topological polar surface area (TPSA) is 107 Å². The van der Waals surface area contributed by atoms with Crippen LogP contribution in [0.3, 0.4) is 0 Å². The average molecular weight is 508 g/mol. The number of carbonyl (C=O) groups is 2. The van der Waals surface area contributed by atoms with Gasteiger partial charge in [-0.25, -0.2) is 12.8 Å². The van der Waals surface area contributed by atoms with Crippen molar-refractivity contribution in [2.45, 2.75) is 30.3 Å². The van der Waals surface area contributed by atoms with Gasteiger partial charge < -0.3 is 14.0 Å². The van der Waals surface area contributed by atoms with Gasteiger partial charge in [-0.2, -0.15) is 9.30 Å². The molecule has 1 fully saturated rings. The molecule has 4 rings (SSSR count). The number of hydrogen-bond donors (Lipinski definition) is 0. The van der Waals surface area contributed by atoms with Crippen LogP contribution in [0.1, 0.15) is 12.8 Å². The fourth-order valence-corrected chi connectivity index (χ4v) is 6.51. The van der Waals surface area contributed by atoms with Crippen LogP contribution in [0.25, 0.3) is 10.2 Å². The van der Waals surface area contributed by atoms with Crippen molar-refractivity contribution in [2.75, 3.05) is 20.8 Å². The number of esters is 1. The Morgan fingerprint density at radius 1 is 1.18 bits per heavy atom. The first kappa shape index (κ1) is 24.0. The number of rotatable bonds is 6. The van der Waals surface area contributed by atoms with Gasteiger partial charge in [0.1, 0.15) is 24.2 Å². The molecule has 1 amide bonds. The molecular formula is C22H22FN3O6S2. The number of thiazole rings is 1. The standard InChI is InChI=1S/C22H22FN3O6S2/c1-31-15-7-10-17-19(12-15)33-22(25(17)13-20(27)32-2)24-21(28)18-4-3-11-26(18)34(29,30)16-8-5-14(23)6-9-16/h5-10,12,18H,3-4,11,13H2,1-2H3. The van der Waals surface area contributed by atoms with Gasteiger partial charge in [-0.1, -0.05) is 11.3 Å². The number of amides is 1. The van der Waals surface area contributed by atoms with E-state index in [1.54, 1.807) is 22.8 Å². The van der Waals surface area contributed by atoms with Gasteiger partial charge in [-0.05, 0) is 55.3 Å². The molecule has 12 heteroatoms. The molecular weight excluding hydrogens is 485 g/mol. The summed E-state index contributed by atoms with van der Waals surface area (Å²) in [6, 6.07) is 8.70. The van der Waals surface area contributed by atoms with Crippen LogP contribution in [0.2, 0.25) is 0 Å². The van der Waals surface area contributed by atoms with Crippen molar-refractivity contribution >= 4 is 43.5 Å². The molecule has 2 aromatic carbocycles. The Labute approximate surface area is 199 Å². The molecule has 0 saturated carbocycles. The molecule has 3 aromatic rings. The van der Waals surface area contributed by atoms with E-state index in [1.807, 2.05) is 0 Å². The lowest BCUT2D eigenvalue weighted by Crippen LogP contribution is -2.40. The zero-order valence-corrected chi connectivity index (χ0v) is 20.1. The van der Waals surface area contributed by atoms with Crippen LogP contribution in [-0.2, 0) is 30.9 Å². The fraction of sp³-hybridized carbons (Fsp3) is 0.318. The number of hydrogen-bond acceptors (Lipinski definition) is 7. The first-order valence-corrected chi connectivity index (χ1v) is 12.6. The van der Waals surface area contributed by atoms with Crippen molar-refractivity contribution in [3.63, 3.8) is 0 Å². The molecule has 1 aliphatic rings. The van der Waals surface area contributed by atoms with Crippen molar-refractivity contribution in [2.24, 2.45) is 4.99 Å². The van der Waals surface area contributed by atoms with E-state index < -0.39 is 33.8 Å². The molecule has 0 spiro atoms. The van der Waals surface area contributed by atoms with Crippen LogP contribution < -0.4 is 9.54 Å². The molecule has 1 aromatic heterocycles. The van der Waals surface area contributed by atoms with Gasteiger partial charge >= 0.3 is 5.97 Å². The Bertz CT molecular complexity index is 1410. The van der Waals surface area contributed by atoms with Crippen LogP contribution in [0, 0.1) is 5.82 Å². The highest BCUT2D eigenvalue weighted by Gasteiger charge is 2.39. The zero-order valence-electron chi connectivity index (χ0n) is 18.4. The number of sulfonamides is 1. The normalized spacial score (nSPS) is 17.3. The van der Waals surface area contributed by atoms with Crippen LogP contribution in [0.5, 0.6) is 5.75 Å². The van der Waals surface area contributed by atoms with E-state index in [0.717, 1.165) is 21.1 Å². The zero-order chi connectivity index (χ0) is 24.5. The van der Waals surface area contributed by atoms with E-state index in [2.05, 4.69) is 4.99 Å². The minimum Gasteiger partial charge on any atom is -0.497 e. The number of nitrogens with zero attached hydrogens (tertiary/aromatic N) is 3. The number of carbonyl (C=O) groups excluding carboxylic acids is 2. The van der Waals surface area contributed by atoms with Crippen LogP contribution in [-0.4, -0.2) is 56.0 Å². The highest BCUT2D eigenvalue weighted by atomic mass is 32.2. The second kappa shape index (κ2) is 9.65. The largest absolute Gasteiger partial charge is 0.497 e. The molecule has 1 saturated heterocycles. The molecule has 0 bridgehead atoms. The maximum Gasteiger partial charge on any atom is 0.325 e. The Morgan fingerprint density at radius 3 is 2.59 bits per heavy atom. The predicted molar refractivity (Wildman–Crippen MR) is 122 cm³/mol. The van der Waals surface area contributed by atoms with Gasteiger partial charge in [0.05, 0.1) is 29.3 Å². The number of ether oxygens (including phenoxy) is 2. The van der Waals surface area contributed by atoms with Crippen LogP contribution in [0.15, 0.2) is 52.4 Å². The van der Waals surface area contributed by atoms with Crippen molar-refractivity contribution < 1.29 is 31.9 Å². The van der Waals surface area contributed by atoms with Crippen molar-refractivity contribution in [3.05, 3.63) is 53.1 Å². The average Bonchev–Trinajstić information content (AvgIpc) is 3.45. The second-order valence-corrected chi connectivity index (χ2v) is 10.5. The molecule has 1 aliphatic heterocycles. The highest BCUT2D eigenvalue weighted by molar-refractivity contribution is 7.89. The second-order valence-electron chi connectivity index (χ2n) is 7.56. The SMILES string of the molecule is COC(=O)Cn1c(=NC(=O)C2CCCN2S(=O)(=O)c2ccc(F)cc2)sc2cc(OC)ccc21. The summed E-state index contributed by atoms with van der Waals surface area (Å²) in [5.74, 6) is -1.12. The maximum absolute atomic E-state index is 13.3. The summed E-state index contributed by atoms with van der Waals surface area (Å²) in [6.45, 7) is -0.0192. The molecule has 0 N–H and O–H groups in total. The third-order valence-corrected chi connectivity index (χ3v) is 8.48. The third kappa shape index (κ3) is 4.61. The first-order chi connectivity index (χ1) is 16.2. The minimum atomic E-state index is -4.02. The molecule has 2 heterocycles. The number of aromatic nitrogens is 1. The molecule has 0 radical (unpaired) electrons. The van der Waals surface area contributed by atoms with Gasteiger partial charge in [0, 0.05) is 6.54 Å². The number of halogens is 1. The van der Waals surface area contributed by atoms with E-state index in [0.29, 0.717) is 24.1 Å². The summed E-state index contributed by atoms with van der Waals surface area (Å²) in [5.41, 5.74) is 0.657. The van der Waals surface area contributed by atoms with Gasteiger partial charge in [0.2, 0.25) is 10.0 Å². The molecule has 34 heavy (non-hydrogen) atoms. The van der Waals surface area contributed by atoms with Gasteiger partial charge in [-0.15, -0.1) is 0 Å². The smallest absolute Gasteiger partial charge is 0.325 e. The quantitative estimate of drug-likeness (QED) is 0.474. The summed E-state index contributed by atoms with van der Waals surface area (Å²) >= 11 is 1.18. The molecule has 9 nitrogen and oxygen atoms in total. The van der Waals surface area contributed by atoms with Crippen LogP contribution >= 0.6 is 11.3 Å². The lowest BCUT2D eigenvalue weighted by molar-refractivity contribution is -0.141. The maximum atomic E-state index is 13.3. The van der Waals surface area contributed by atoms with E-state index in [9.17, 15) is 22.4 Å². The monoisotopic (exact) mass is 507 g/mol. The lowest BCUT2D eigenvalue weighted by atomic mass is 10.2. The fourth-order valence-electron chi connectivity index (χ4n) is 3.80. The third-order valence-electron chi connectivity index (χ3n) is 5.52. The highest BCUT2D eigenvalue weighted by Crippen LogP contribution is 2.28. The first-order valence-electron chi connectivity index (χ1n) is 10.3. The number of methoxy groups -OCH3 is 2. The molecule has 1 atom stereocenters. The van der Waals surface area contributed by atoms with Crippen molar-refractivity contribution in [3.8, 4) is 5.75 Å². The van der Waals surface area contributed by atoms with Crippen molar-refractivity contribution in [1.82, 2.24) is 8.87 Å². The lowest BCUT2D eigenvalue weighted by Gasteiger charge is -2.21. The van der Waals surface area contributed by atoms with E-state index >= 15 is 0 Å². The Balaban J connectivity index is 1.73. The molecule has 1 unspecified atom stereocenters. The number of benzene rings is 2. The van der Waals surface area contributed by atoms with Crippen molar-refractivity contribution in [1.29, 1.82) is 0 Å². The summed E-state index contributed by atoms with van der Waals surface area (Å²) in [6.07, 6.45) is 0.788. The number of fused-ring (bicyclic) bond motifs is 1. The Kier molecular flexibility index (Phi) is 6.82. The van der Waals surface area contributed by atoms with E-state index in [4.69, 9.17) is 9.47 Å². The summed E-state index contributed by atoms with van der Waals surface area (Å²) in [4.78, 5) is 29.6. The Morgan fingerprint density at radius 2 is 1.91 bits per heavy atom. The van der Waals surface area contributed by atoms with E-state index in [1.165, 1.54) is 37.7 Å². The van der Waals surface area contributed by atoms with Crippen LogP contribution in [0.4, 0.5) is 4.39 Å². The predicted octanol–water partition coefficient (Wildman–Crippen LogP) is 2.30. The van der Waals surface area contributed by atoms with Gasteiger partial charge in [-0.3, -0.25) is 9.59 Å². The molecule has 0 aliphatic carbocycles. The summed E-state index contributed by atoms with van der Waals surface area (Å²) in [7, 11) is -1.22.